The van der Waals surface area contributed by atoms with Gasteiger partial charge in [0, 0.05) is 12.5 Å². The fraction of sp³-hybridized carbons (Fsp3) is 0.263. The van der Waals surface area contributed by atoms with Crippen molar-refractivity contribution in [1.29, 1.82) is 0 Å². The molecule has 3 rings (SSSR count). The van der Waals surface area contributed by atoms with Crippen LogP contribution in [0, 0.1) is 11.7 Å². The van der Waals surface area contributed by atoms with Crippen molar-refractivity contribution < 1.29 is 27.2 Å². The van der Waals surface area contributed by atoms with Gasteiger partial charge < -0.3 is 10.6 Å². The molecule has 1 fully saturated rings. The number of amides is 2. The van der Waals surface area contributed by atoms with Crippen LogP contribution in [0.1, 0.15) is 23.5 Å². The van der Waals surface area contributed by atoms with Crippen molar-refractivity contribution in [2.45, 2.75) is 18.5 Å². The number of carbonyl (C=O) groups is 2. The molecule has 2 aromatic carbocycles. The van der Waals surface area contributed by atoms with Crippen LogP contribution in [0.2, 0.25) is 0 Å². The maximum Gasteiger partial charge on any atom is 0.418 e. The second-order valence-electron chi connectivity index (χ2n) is 6.25. The first-order chi connectivity index (χ1) is 12.8. The lowest BCUT2D eigenvalue weighted by Gasteiger charge is -2.30. The molecule has 0 aromatic heterocycles. The smallest absolute Gasteiger partial charge is 0.355 e. The van der Waals surface area contributed by atoms with Gasteiger partial charge in [0.25, 0.3) is 0 Å². The van der Waals surface area contributed by atoms with Gasteiger partial charge in [0.15, 0.2) is 0 Å². The first-order valence-electron chi connectivity index (χ1n) is 8.27. The molecule has 142 valence electrons. The van der Waals surface area contributed by atoms with Gasteiger partial charge in [-0.25, -0.2) is 4.39 Å². The summed E-state index contributed by atoms with van der Waals surface area (Å²) in [6.45, 7) is 0.323. The molecule has 1 aliphatic rings. The molecule has 0 aliphatic carbocycles. The molecule has 8 heteroatoms. The van der Waals surface area contributed by atoms with Crippen molar-refractivity contribution in [1.82, 2.24) is 5.32 Å². The molecule has 0 bridgehead atoms. The number of hydrogen-bond acceptors (Lipinski definition) is 2. The molecule has 0 radical (unpaired) electrons. The first-order valence-corrected chi connectivity index (χ1v) is 8.27. The third kappa shape index (κ3) is 4.10. The quantitative estimate of drug-likeness (QED) is 0.630. The minimum atomic E-state index is -4.64. The number of rotatable bonds is 3. The highest BCUT2D eigenvalue weighted by molar-refractivity contribution is 6.08. The number of anilines is 1. The zero-order chi connectivity index (χ0) is 19.6. The summed E-state index contributed by atoms with van der Waals surface area (Å²) in [6, 6.07) is 9.95. The van der Waals surface area contributed by atoms with E-state index in [0.29, 0.717) is 18.5 Å². The topological polar surface area (TPSA) is 58.2 Å². The maximum atomic E-state index is 13.2. The predicted molar refractivity (Wildman–Crippen MR) is 90.3 cm³/mol. The van der Waals surface area contributed by atoms with Crippen LogP contribution < -0.4 is 10.6 Å². The molecule has 2 amide bonds. The number of nitrogens with one attached hydrogen (secondary N) is 2. The summed E-state index contributed by atoms with van der Waals surface area (Å²) in [6.07, 6.45) is -4.23. The fourth-order valence-corrected chi connectivity index (χ4v) is 3.23. The highest BCUT2D eigenvalue weighted by Crippen LogP contribution is 2.36. The van der Waals surface area contributed by atoms with Gasteiger partial charge in [-0.15, -0.1) is 0 Å². The Morgan fingerprint density at radius 1 is 1.07 bits per heavy atom. The lowest BCUT2D eigenvalue weighted by molar-refractivity contribution is -0.137. The van der Waals surface area contributed by atoms with E-state index < -0.39 is 46.9 Å². The first kappa shape index (κ1) is 18.9. The molecule has 0 spiro atoms. The van der Waals surface area contributed by atoms with E-state index >= 15 is 0 Å². The zero-order valence-electron chi connectivity index (χ0n) is 14.0. The van der Waals surface area contributed by atoms with Crippen LogP contribution in [-0.2, 0) is 15.8 Å². The van der Waals surface area contributed by atoms with Crippen LogP contribution in [0.25, 0.3) is 0 Å². The number of benzene rings is 2. The van der Waals surface area contributed by atoms with Gasteiger partial charge in [-0.05, 0) is 36.2 Å². The Bertz CT molecular complexity index is 850. The molecule has 0 unspecified atom stereocenters. The van der Waals surface area contributed by atoms with Gasteiger partial charge in [-0.1, -0.05) is 24.3 Å². The number of para-hydroxylation sites is 1. The second kappa shape index (κ2) is 7.38. The summed E-state index contributed by atoms with van der Waals surface area (Å²) in [5, 5.41) is 4.79. The average molecular weight is 380 g/mol. The van der Waals surface area contributed by atoms with E-state index in [1.54, 1.807) is 0 Å². The predicted octanol–water partition coefficient (Wildman–Crippen LogP) is 3.70. The van der Waals surface area contributed by atoms with Crippen molar-refractivity contribution in [3.05, 3.63) is 65.5 Å². The Kier molecular flexibility index (Phi) is 5.16. The van der Waals surface area contributed by atoms with Crippen LogP contribution in [0.3, 0.4) is 0 Å². The molecular formula is C19H16F4N2O2. The van der Waals surface area contributed by atoms with E-state index in [1.807, 2.05) is 0 Å². The Morgan fingerprint density at radius 3 is 2.41 bits per heavy atom. The summed E-state index contributed by atoms with van der Waals surface area (Å²) in [5.74, 6) is -3.64. The van der Waals surface area contributed by atoms with Crippen molar-refractivity contribution in [2.75, 3.05) is 11.9 Å². The fourth-order valence-electron chi connectivity index (χ4n) is 3.23. The summed E-state index contributed by atoms with van der Waals surface area (Å²) in [7, 11) is 0. The standard InChI is InChI=1S/C19H16F4N2O2/c20-12-7-5-11(6-8-12)13-9-10-24-17(26)16(13)18(27)25-15-4-2-1-3-14(15)19(21,22)23/h1-8,13,16H,9-10H2,(H,24,26)(H,25,27)/t13-,16-/m1/s1. The summed E-state index contributed by atoms with van der Waals surface area (Å²) < 4.78 is 52.6. The van der Waals surface area contributed by atoms with E-state index in [1.165, 1.54) is 36.4 Å². The van der Waals surface area contributed by atoms with E-state index in [0.717, 1.165) is 12.1 Å². The molecule has 4 nitrogen and oxygen atoms in total. The molecule has 2 aromatic rings. The zero-order valence-corrected chi connectivity index (χ0v) is 14.0. The van der Waals surface area contributed by atoms with Gasteiger partial charge in [-0.2, -0.15) is 13.2 Å². The highest BCUT2D eigenvalue weighted by atomic mass is 19.4. The van der Waals surface area contributed by atoms with Crippen molar-refractivity contribution >= 4 is 17.5 Å². The van der Waals surface area contributed by atoms with Crippen molar-refractivity contribution in [3.8, 4) is 0 Å². The molecule has 2 atom stereocenters. The lowest BCUT2D eigenvalue weighted by Crippen LogP contribution is -2.46. The molecule has 2 N–H and O–H groups in total. The second-order valence-corrected chi connectivity index (χ2v) is 6.25. The van der Waals surface area contributed by atoms with E-state index in [4.69, 9.17) is 0 Å². The number of hydrogen-bond donors (Lipinski definition) is 2. The Balaban J connectivity index is 1.89. The van der Waals surface area contributed by atoms with Gasteiger partial charge in [0.05, 0.1) is 11.3 Å². The van der Waals surface area contributed by atoms with Gasteiger partial charge in [0.1, 0.15) is 11.7 Å². The molecule has 27 heavy (non-hydrogen) atoms. The van der Waals surface area contributed by atoms with Gasteiger partial charge >= 0.3 is 6.18 Å². The normalized spacial score (nSPS) is 20.1. The number of halogens is 4. The lowest BCUT2D eigenvalue weighted by atomic mass is 9.80. The molecular weight excluding hydrogens is 364 g/mol. The van der Waals surface area contributed by atoms with E-state index in [2.05, 4.69) is 10.6 Å². The monoisotopic (exact) mass is 380 g/mol. The minimum absolute atomic E-state index is 0.323. The number of alkyl halides is 3. The van der Waals surface area contributed by atoms with Crippen molar-refractivity contribution in [2.24, 2.45) is 5.92 Å². The summed E-state index contributed by atoms with van der Waals surface area (Å²) in [4.78, 5) is 25.0. The van der Waals surface area contributed by atoms with Crippen LogP contribution in [-0.4, -0.2) is 18.4 Å². The molecule has 1 heterocycles. The Hall–Kier alpha value is -2.90. The Morgan fingerprint density at radius 2 is 1.74 bits per heavy atom. The number of piperidine rings is 1. The van der Waals surface area contributed by atoms with Crippen LogP contribution >= 0.6 is 0 Å². The average Bonchev–Trinajstić information content (AvgIpc) is 2.61. The Labute approximate surface area is 152 Å². The molecule has 1 saturated heterocycles. The molecule has 1 aliphatic heterocycles. The van der Waals surface area contributed by atoms with Crippen LogP contribution in [0.15, 0.2) is 48.5 Å². The third-order valence-corrected chi connectivity index (χ3v) is 4.51. The van der Waals surface area contributed by atoms with Gasteiger partial charge in [0.2, 0.25) is 11.8 Å². The number of carbonyl (C=O) groups excluding carboxylic acids is 2. The van der Waals surface area contributed by atoms with Crippen LogP contribution in [0.4, 0.5) is 23.2 Å². The molecule has 0 saturated carbocycles. The van der Waals surface area contributed by atoms with Crippen molar-refractivity contribution in [3.63, 3.8) is 0 Å². The van der Waals surface area contributed by atoms with Crippen LogP contribution in [0.5, 0.6) is 0 Å². The minimum Gasteiger partial charge on any atom is -0.355 e. The van der Waals surface area contributed by atoms with Gasteiger partial charge in [-0.3, -0.25) is 9.59 Å². The maximum absolute atomic E-state index is 13.2. The summed E-state index contributed by atoms with van der Waals surface area (Å²) >= 11 is 0. The largest absolute Gasteiger partial charge is 0.418 e. The summed E-state index contributed by atoms with van der Waals surface area (Å²) in [5.41, 5.74) is -0.824. The third-order valence-electron chi connectivity index (χ3n) is 4.51. The highest BCUT2D eigenvalue weighted by Gasteiger charge is 2.40. The SMILES string of the molecule is O=C1NCC[C@H](c2ccc(F)cc2)[C@H]1C(=O)Nc1ccccc1C(F)(F)F. The van der Waals surface area contributed by atoms with E-state index in [-0.39, 0.29) is 0 Å². The van der Waals surface area contributed by atoms with E-state index in [9.17, 15) is 27.2 Å².